The molecule has 1 fully saturated rings. The van der Waals surface area contributed by atoms with Crippen molar-refractivity contribution in [1.82, 2.24) is 34.6 Å². The summed E-state index contributed by atoms with van der Waals surface area (Å²) in [4.78, 5) is 55.0. The van der Waals surface area contributed by atoms with Gasteiger partial charge in [0, 0.05) is 18.8 Å². The van der Waals surface area contributed by atoms with E-state index in [2.05, 4.69) is 20.6 Å². The third-order valence-electron chi connectivity index (χ3n) is 5.81. The molecular formula is C22H15N7O4. The molecule has 2 aliphatic rings. The Labute approximate surface area is 185 Å². The summed E-state index contributed by atoms with van der Waals surface area (Å²) in [6.45, 7) is 0. The van der Waals surface area contributed by atoms with Crippen LogP contribution in [-0.4, -0.2) is 58.9 Å². The number of aromatic nitrogens is 5. The lowest BCUT2D eigenvalue weighted by Crippen LogP contribution is -2.54. The van der Waals surface area contributed by atoms with Gasteiger partial charge < -0.3 is 4.40 Å². The zero-order valence-corrected chi connectivity index (χ0v) is 17.0. The molecule has 2 aliphatic heterocycles. The van der Waals surface area contributed by atoms with Crippen molar-refractivity contribution >= 4 is 29.3 Å². The van der Waals surface area contributed by atoms with Gasteiger partial charge in [0.1, 0.15) is 23.1 Å². The maximum Gasteiger partial charge on any atom is 0.262 e. The van der Waals surface area contributed by atoms with Crippen molar-refractivity contribution in [2.24, 2.45) is 0 Å². The second kappa shape index (κ2) is 6.92. The Morgan fingerprint density at radius 2 is 1.79 bits per heavy atom. The maximum atomic E-state index is 13.0. The molecule has 0 aliphatic carbocycles. The Morgan fingerprint density at radius 1 is 0.939 bits per heavy atom. The minimum Gasteiger partial charge on any atom is -0.306 e. The Hall–Kier alpha value is -4.67. The van der Waals surface area contributed by atoms with Crippen LogP contribution in [-0.2, 0) is 9.59 Å². The van der Waals surface area contributed by atoms with Crippen LogP contribution in [0.4, 0.5) is 0 Å². The highest BCUT2D eigenvalue weighted by Crippen LogP contribution is 2.29. The van der Waals surface area contributed by atoms with E-state index in [1.807, 2.05) is 35.0 Å². The van der Waals surface area contributed by atoms with Gasteiger partial charge in [0.25, 0.3) is 11.8 Å². The molecule has 0 bridgehead atoms. The average Bonchev–Trinajstić information content (AvgIpc) is 3.52. The van der Waals surface area contributed by atoms with E-state index in [1.54, 1.807) is 18.3 Å². The third kappa shape index (κ3) is 2.93. The molecule has 4 aromatic rings. The third-order valence-corrected chi connectivity index (χ3v) is 5.81. The van der Waals surface area contributed by atoms with Gasteiger partial charge in [-0.1, -0.05) is 11.3 Å². The molecule has 1 N–H and O–H groups in total. The molecule has 33 heavy (non-hydrogen) atoms. The SMILES string of the molecule is O=C1CCC(N2C(=O)c3ccc(-n4cc(-c5cn6ccccc6n5)nn4)cc3C2=O)C(=O)N1. The van der Waals surface area contributed by atoms with E-state index in [0.29, 0.717) is 17.1 Å². The number of amides is 4. The van der Waals surface area contributed by atoms with Gasteiger partial charge in [0.15, 0.2) is 0 Å². The fourth-order valence-electron chi connectivity index (χ4n) is 4.17. The molecule has 1 saturated heterocycles. The number of nitrogens with zero attached hydrogens (tertiary/aromatic N) is 6. The molecule has 0 radical (unpaired) electrons. The highest BCUT2D eigenvalue weighted by molar-refractivity contribution is 6.23. The number of pyridine rings is 1. The minimum atomic E-state index is -1.01. The number of imidazole rings is 1. The summed E-state index contributed by atoms with van der Waals surface area (Å²) >= 11 is 0. The van der Waals surface area contributed by atoms with Crippen LogP contribution < -0.4 is 5.32 Å². The number of carbonyl (C=O) groups excluding carboxylic acids is 4. The van der Waals surface area contributed by atoms with Crippen molar-refractivity contribution in [1.29, 1.82) is 0 Å². The topological polar surface area (TPSA) is 132 Å². The molecule has 11 heteroatoms. The average molecular weight is 441 g/mol. The molecule has 4 amide bonds. The number of piperidine rings is 1. The van der Waals surface area contributed by atoms with Crippen LogP contribution in [0.5, 0.6) is 0 Å². The lowest BCUT2D eigenvalue weighted by Gasteiger charge is -2.27. The fourth-order valence-corrected chi connectivity index (χ4v) is 4.17. The van der Waals surface area contributed by atoms with Gasteiger partial charge in [-0.2, -0.15) is 0 Å². The van der Waals surface area contributed by atoms with Gasteiger partial charge in [0.2, 0.25) is 11.8 Å². The standard InChI is InChI=1S/C22H15N7O4/c30-19-7-6-17(20(31)24-19)29-21(32)13-5-4-12(9-14(13)22(29)33)28-11-16(25-26-28)15-10-27-8-2-1-3-18(27)23-15/h1-5,8-11,17H,6-7H2,(H,24,30,31). The summed E-state index contributed by atoms with van der Waals surface area (Å²) in [6.07, 6.45) is 5.58. The van der Waals surface area contributed by atoms with Gasteiger partial charge in [-0.15, -0.1) is 5.10 Å². The summed E-state index contributed by atoms with van der Waals surface area (Å²) in [5, 5.41) is 10.5. The number of fused-ring (bicyclic) bond motifs is 2. The van der Waals surface area contributed by atoms with Gasteiger partial charge in [0.05, 0.1) is 23.0 Å². The Kier molecular flexibility index (Phi) is 3.99. The first-order valence-electron chi connectivity index (χ1n) is 10.2. The van der Waals surface area contributed by atoms with E-state index in [-0.39, 0.29) is 24.0 Å². The zero-order chi connectivity index (χ0) is 22.7. The maximum absolute atomic E-state index is 13.0. The quantitative estimate of drug-likeness (QED) is 0.469. The molecule has 0 spiro atoms. The van der Waals surface area contributed by atoms with Crippen LogP contribution in [0, 0.1) is 0 Å². The van der Waals surface area contributed by atoms with E-state index in [4.69, 9.17) is 0 Å². The number of imide groups is 2. The van der Waals surface area contributed by atoms with Crippen molar-refractivity contribution < 1.29 is 19.2 Å². The molecular weight excluding hydrogens is 426 g/mol. The molecule has 3 aromatic heterocycles. The molecule has 11 nitrogen and oxygen atoms in total. The zero-order valence-electron chi connectivity index (χ0n) is 17.0. The Balaban J connectivity index is 1.32. The fraction of sp³-hybridized carbons (Fsp3) is 0.136. The van der Waals surface area contributed by atoms with Crippen molar-refractivity contribution in [3.05, 3.63) is 66.1 Å². The summed E-state index contributed by atoms with van der Waals surface area (Å²) < 4.78 is 3.36. The first-order chi connectivity index (χ1) is 16.0. The second-order valence-electron chi connectivity index (χ2n) is 7.82. The normalized spacial score (nSPS) is 18.2. The number of hydrogen-bond acceptors (Lipinski definition) is 7. The Bertz CT molecular complexity index is 1470. The molecule has 6 rings (SSSR count). The van der Waals surface area contributed by atoms with Crippen LogP contribution >= 0.6 is 0 Å². The van der Waals surface area contributed by atoms with Gasteiger partial charge in [-0.3, -0.25) is 29.4 Å². The monoisotopic (exact) mass is 441 g/mol. The van der Waals surface area contributed by atoms with E-state index < -0.39 is 29.7 Å². The molecule has 0 saturated carbocycles. The number of rotatable bonds is 3. The highest BCUT2D eigenvalue weighted by Gasteiger charge is 2.44. The van der Waals surface area contributed by atoms with Crippen LogP contribution in [0.3, 0.4) is 0 Å². The summed E-state index contributed by atoms with van der Waals surface area (Å²) in [6, 6.07) is 9.39. The number of nitrogens with one attached hydrogen (secondary N) is 1. The van der Waals surface area contributed by atoms with E-state index in [9.17, 15) is 19.2 Å². The number of benzene rings is 1. The van der Waals surface area contributed by atoms with E-state index in [1.165, 1.54) is 10.7 Å². The first-order valence-corrected chi connectivity index (χ1v) is 10.2. The summed E-state index contributed by atoms with van der Waals surface area (Å²) in [5.41, 5.74) is 2.87. The summed E-state index contributed by atoms with van der Waals surface area (Å²) in [7, 11) is 0. The largest absolute Gasteiger partial charge is 0.306 e. The van der Waals surface area contributed by atoms with Crippen LogP contribution in [0.15, 0.2) is 55.0 Å². The lowest BCUT2D eigenvalue weighted by atomic mass is 10.0. The minimum absolute atomic E-state index is 0.0693. The van der Waals surface area contributed by atoms with Crippen molar-refractivity contribution in [3.63, 3.8) is 0 Å². The number of hydrogen-bond donors (Lipinski definition) is 1. The molecule has 1 aromatic carbocycles. The van der Waals surface area contributed by atoms with Crippen molar-refractivity contribution in [2.45, 2.75) is 18.9 Å². The molecule has 1 unspecified atom stereocenters. The van der Waals surface area contributed by atoms with Crippen LogP contribution in [0.1, 0.15) is 33.6 Å². The predicted molar refractivity (Wildman–Crippen MR) is 112 cm³/mol. The van der Waals surface area contributed by atoms with E-state index >= 15 is 0 Å². The highest BCUT2D eigenvalue weighted by atomic mass is 16.2. The molecule has 5 heterocycles. The van der Waals surface area contributed by atoms with Gasteiger partial charge in [-0.25, -0.2) is 9.67 Å². The molecule has 1 atom stereocenters. The van der Waals surface area contributed by atoms with Crippen molar-refractivity contribution in [3.8, 4) is 17.1 Å². The van der Waals surface area contributed by atoms with Crippen LogP contribution in [0.25, 0.3) is 22.7 Å². The summed E-state index contributed by atoms with van der Waals surface area (Å²) in [5.74, 6) is -2.19. The van der Waals surface area contributed by atoms with Gasteiger partial charge in [-0.05, 0) is 36.8 Å². The van der Waals surface area contributed by atoms with Gasteiger partial charge >= 0.3 is 0 Å². The second-order valence-corrected chi connectivity index (χ2v) is 7.82. The van der Waals surface area contributed by atoms with Crippen molar-refractivity contribution in [2.75, 3.05) is 0 Å². The molecule has 162 valence electrons. The lowest BCUT2D eigenvalue weighted by molar-refractivity contribution is -0.136. The predicted octanol–water partition coefficient (Wildman–Crippen LogP) is 0.983. The Morgan fingerprint density at radius 3 is 2.61 bits per heavy atom. The number of carbonyl (C=O) groups is 4. The van der Waals surface area contributed by atoms with Crippen LogP contribution in [0.2, 0.25) is 0 Å². The van der Waals surface area contributed by atoms with E-state index in [0.717, 1.165) is 10.5 Å². The smallest absolute Gasteiger partial charge is 0.262 e. The first kappa shape index (κ1) is 19.0.